The zero-order chi connectivity index (χ0) is 14.7. The maximum absolute atomic E-state index is 5.58. The van der Waals surface area contributed by atoms with Gasteiger partial charge in [-0.3, -0.25) is 0 Å². The van der Waals surface area contributed by atoms with Gasteiger partial charge >= 0.3 is 0 Å². The van der Waals surface area contributed by atoms with E-state index in [-0.39, 0.29) is 0 Å². The third-order valence-corrected chi connectivity index (χ3v) is 4.22. The Kier molecular flexibility index (Phi) is 4.39. The topological polar surface area (TPSA) is 68.2 Å². The van der Waals surface area contributed by atoms with Crippen LogP contribution in [0.15, 0.2) is 12.1 Å². The Morgan fingerprint density at radius 3 is 2.90 bits per heavy atom. The first-order chi connectivity index (χ1) is 10.3. The Labute approximate surface area is 125 Å². The van der Waals surface area contributed by atoms with Crippen molar-refractivity contribution in [2.45, 2.75) is 51.4 Å². The van der Waals surface area contributed by atoms with Crippen molar-refractivity contribution < 1.29 is 0 Å². The first-order valence-corrected chi connectivity index (χ1v) is 8.15. The highest BCUT2D eigenvalue weighted by Gasteiger charge is 2.23. The summed E-state index contributed by atoms with van der Waals surface area (Å²) in [6.07, 6.45) is 6.93. The van der Waals surface area contributed by atoms with E-state index in [1.54, 1.807) is 0 Å². The molecule has 3 N–H and O–H groups in total. The number of aryl methyl sites for hydroxylation is 1. The molecule has 5 nitrogen and oxygen atoms in total. The van der Waals surface area contributed by atoms with Crippen molar-refractivity contribution in [1.29, 1.82) is 0 Å². The van der Waals surface area contributed by atoms with Crippen molar-refractivity contribution in [3.63, 3.8) is 0 Å². The SMILES string of the molecule is CCCc1cc(NCCCN)n2nc(C3CCC3)cc2n1. The molecule has 0 aromatic carbocycles. The van der Waals surface area contributed by atoms with Crippen LogP contribution in [0.2, 0.25) is 0 Å². The van der Waals surface area contributed by atoms with Crippen LogP contribution in [0.3, 0.4) is 0 Å². The molecule has 0 amide bonds. The predicted octanol–water partition coefficient (Wildman–Crippen LogP) is 2.71. The van der Waals surface area contributed by atoms with E-state index in [0.29, 0.717) is 12.5 Å². The molecule has 0 unspecified atom stereocenters. The molecule has 1 saturated carbocycles. The van der Waals surface area contributed by atoms with Crippen LogP contribution in [0.4, 0.5) is 5.82 Å². The van der Waals surface area contributed by atoms with Crippen LogP contribution in [0.1, 0.15) is 56.3 Å². The van der Waals surface area contributed by atoms with Crippen molar-refractivity contribution in [1.82, 2.24) is 14.6 Å². The summed E-state index contributed by atoms with van der Waals surface area (Å²) < 4.78 is 1.96. The molecule has 5 heteroatoms. The highest BCUT2D eigenvalue weighted by atomic mass is 15.3. The maximum atomic E-state index is 5.58. The molecule has 0 aliphatic heterocycles. The molecule has 21 heavy (non-hydrogen) atoms. The summed E-state index contributed by atoms with van der Waals surface area (Å²) >= 11 is 0. The van der Waals surface area contributed by atoms with Crippen LogP contribution in [0.5, 0.6) is 0 Å². The molecule has 2 aromatic rings. The summed E-state index contributed by atoms with van der Waals surface area (Å²) in [6.45, 7) is 3.76. The van der Waals surface area contributed by atoms with E-state index in [9.17, 15) is 0 Å². The van der Waals surface area contributed by atoms with Crippen LogP contribution in [0.25, 0.3) is 5.65 Å². The van der Waals surface area contributed by atoms with Crippen molar-refractivity contribution in [2.75, 3.05) is 18.4 Å². The van der Waals surface area contributed by atoms with Gasteiger partial charge in [0.25, 0.3) is 0 Å². The molecule has 1 fully saturated rings. The third-order valence-electron chi connectivity index (χ3n) is 4.22. The first kappa shape index (κ1) is 14.3. The fraction of sp³-hybridized carbons (Fsp3) is 0.625. The van der Waals surface area contributed by atoms with Crippen LogP contribution >= 0.6 is 0 Å². The number of nitrogens with one attached hydrogen (secondary N) is 1. The Morgan fingerprint density at radius 2 is 2.24 bits per heavy atom. The second kappa shape index (κ2) is 6.43. The lowest BCUT2D eigenvalue weighted by Gasteiger charge is -2.22. The molecule has 114 valence electrons. The zero-order valence-electron chi connectivity index (χ0n) is 12.8. The maximum Gasteiger partial charge on any atom is 0.157 e. The number of fused-ring (bicyclic) bond motifs is 1. The van der Waals surface area contributed by atoms with E-state index >= 15 is 0 Å². The number of aromatic nitrogens is 3. The van der Waals surface area contributed by atoms with Crippen molar-refractivity contribution in [3.8, 4) is 0 Å². The summed E-state index contributed by atoms with van der Waals surface area (Å²) in [7, 11) is 0. The predicted molar refractivity (Wildman–Crippen MR) is 85.7 cm³/mol. The summed E-state index contributed by atoms with van der Waals surface area (Å²) in [5.41, 5.74) is 8.89. The highest BCUT2D eigenvalue weighted by Crippen LogP contribution is 2.36. The van der Waals surface area contributed by atoms with Crippen LogP contribution in [-0.4, -0.2) is 27.7 Å². The van der Waals surface area contributed by atoms with Crippen molar-refractivity contribution in [2.24, 2.45) is 5.73 Å². The number of nitrogens with zero attached hydrogens (tertiary/aromatic N) is 3. The number of rotatable bonds is 7. The lowest BCUT2D eigenvalue weighted by molar-refractivity contribution is 0.410. The monoisotopic (exact) mass is 287 g/mol. The van der Waals surface area contributed by atoms with Gasteiger partial charge in [-0.05, 0) is 32.2 Å². The van der Waals surface area contributed by atoms with Crippen molar-refractivity contribution in [3.05, 3.63) is 23.5 Å². The molecule has 0 radical (unpaired) electrons. The van der Waals surface area contributed by atoms with E-state index < -0.39 is 0 Å². The Morgan fingerprint density at radius 1 is 1.38 bits per heavy atom. The van der Waals surface area contributed by atoms with Gasteiger partial charge in [-0.1, -0.05) is 19.8 Å². The van der Waals surface area contributed by atoms with Gasteiger partial charge in [0.05, 0.1) is 5.69 Å². The first-order valence-electron chi connectivity index (χ1n) is 8.15. The number of hydrogen-bond donors (Lipinski definition) is 2. The van der Waals surface area contributed by atoms with Crippen molar-refractivity contribution >= 4 is 11.5 Å². The Hall–Kier alpha value is -1.62. The van der Waals surface area contributed by atoms with Gasteiger partial charge in [0.2, 0.25) is 0 Å². The minimum atomic E-state index is 0.637. The van der Waals surface area contributed by atoms with Gasteiger partial charge in [-0.2, -0.15) is 9.61 Å². The summed E-state index contributed by atoms with van der Waals surface area (Å²) in [6, 6.07) is 4.29. The average Bonchev–Trinajstić information content (AvgIpc) is 2.80. The fourth-order valence-electron chi connectivity index (χ4n) is 2.78. The lowest BCUT2D eigenvalue weighted by Crippen LogP contribution is -2.13. The molecule has 2 heterocycles. The van der Waals surface area contributed by atoms with Gasteiger partial charge in [0.1, 0.15) is 5.82 Å². The average molecular weight is 287 g/mol. The van der Waals surface area contributed by atoms with E-state index in [0.717, 1.165) is 43.0 Å². The lowest BCUT2D eigenvalue weighted by atomic mass is 9.83. The molecule has 0 bridgehead atoms. The normalized spacial score (nSPS) is 15.3. The second-order valence-electron chi connectivity index (χ2n) is 5.92. The molecule has 0 spiro atoms. The van der Waals surface area contributed by atoms with E-state index in [1.807, 2.05) is 4.52 Å². The van der Waals surface area contributed by atoms with E-state index in [4.69, 9.17) is 15.8 Å². The smallest absolute Gasteiger partial charge is 0.157 e. The van der Waals surface area contributed by atoms with E-state index in [1.165, 1.54) is 25.0 Å². The minimum absolute atomic E-state index is 0.637. The van der Waals surface area contributed by atoms with Gasteiger partial charge in [-0.15, -0.1) is 0 Å². The molecule has 3 rings (SSSR count). The highest BCUT2D eigenvalue weighted by molar-refractivity contribution is 5.51. The molecular formula is C16H25N5. The number of hydrogen-bond acceptors (Lipinski definition) is 4. The van der Waals surface area contributed by atoms with Gasteiger partial charge in [0.15, 0.2) is 5.65 Å². The van der Waals surface area contributed by atoms with Gasteiger partial charge in [0, 0.05) is 30.3 Å². The summed E-state index contributed by atoms with van der Waals surface area (Å²) in [5.74, 6) is 1.68. The molecule has 2 aromatic heterocycles. The largest absolute Gasteiger partial charge is 0.370 e. The van der Waals surface area contributed by atoms with Crippen LogP contribution in [-0.2, 0) is 6.42 Å². The van der Waals surface area contributed by atoms with Crippen LogP contribution in [0, 0.1) is 0 Å². The van der Waals surface area contributed by atoms with Gasteiger partial charge < -0.3 is 11.1 Å². The standard InChI is InChI=1S/C16H25N5/c1-2-5-13-10-15(18-9-4-8-17)21-16(19-13)11-14(20-21)12-6-3-7-12/h10-12,18H,2-9,17H2,1H3. The summed E-state index contributed by atoms with van der Waals surface area (Å²) in [5, 5.41) is 8.23. The molecule has 0 atom stereocenters. The van der Waals surface area contributed by atoms with Crippen LogP contribution < -0.4 is 11.1 Å². The Balaban J connectivity index is 1.93. The number of nitrogens with two attached hydrogens (primary N) is 1. The molecule has 1 aliphatic carbocycles. The third kappa shape index (κ3) is 3.02. The zero-order valence-corrected chi connectivity index (χ0v) is 12.8. The fourth-order valence-corrected chi connectivity index (χ4v) is 2.78. The Bertz CT molecular complexity index is 600. The molecule has 1 aliphatic rings. The number of anilines is 1. The second-order valence-corrected chi connectivity index (χ2v) is 5.92. The quantitative estimate of drug-likeness (QED) is 0.768. The molecular weight excluding hydrogens is 262 g/mol. The van der Waals surface area contributed by atoms with E-state index in [2.05, 4.69) is 24.4 Å². The summed E-state index contributed by atoms with van der Waals surface area (Å²) in [4.78, 5) is 4.75. The molecule has 0 saturated heterocycles. The minimum Gasteiger partial charge on any atom is -0.370 e. The van der Waals surface area contributed by atoms with Gasteiger partial charge in [-0.25, -0.2) is 4.98 Å².